The van der Waals surface area contributed by atoms with E-state index in [0.29, 0.717) is 17.0 Å². The number of carboxylic acid groups (broad SMARTS) is 1. The lowest BCUT2D eigenvalue weighted by Crippen LogP contribution is -2.50. The van der Waals surface area contributed by atoms with Gasteiger partial charge in [0.05, 0.1) is 5.69 Å². The first kappa shape index (κ1) is 14.6. The molecule has 0 atom stereocenters. The second kappa shape index (κ2) is 5.43. The molecule has 0 fully saturated rings. The van der Waals surface area contributed by atoms with E-state index >= 15 is 0 Å². The van der Waals surface area contributed by atoms with Gasteiger partial charge in [-0.2, -0.15) is 0 Å². The lowest BCUT2D eigenvalue weighted by molar-refractivity contribution is -0.147. The molecule has 0 aliphatic rings. The van der Waals surface area contributed by atoms with Crippen molar-refractivity contribution in [2.45, 2.75) is 39.2 Å². The Morgan fingerprint density at radius 3 is 2.56 bits per heavy atom. The zero-order valence-corrected chi connectivity index (χ0v) is 11.7. The van der Waals surface area contributed by atoms with Gasteiger partial charge >= 0.3 is 5.97 Å². The highest BCUT2D eigenvalue weighted by Gasteiger charge is 2.37. The quantitative estimate of drug-likeness (QED) is 0.875. The number of aliphatic carboxylic acids is 1. The van der Waals surface area contributed by atoms with Crippen molar-refractivity contribution >= 4 is 23.4 Å². The van der Waals surface area contributed by atoms with E-state index < -0.39 is 11.5 Å². The number of carboxylic acids is 1. The Morgan fingerprint density at radius 2 is 2.06 bits per heavy atom. The fourth-order valence-electron chi connectivity index (χ4n) is 1.32. The van der Waals surface area contributed by atoms with Crippen molar-refractivity contribution in [3.05, 3.63) is 10.6 Å². The smallest absolute Gasteiger partial charge is 0.329 e. The number of hydrogen-bond donors (Lipinski definition) is 1. The topological polar surface area (TPSA) is 83.4 Å². The number of likely N-dealkylation sites (N-methyl/N-ethyl adjacent to an activating group) is 1. The van der Waals surface area contributed by atoms with Crippen molar-refractivity contribution in [1.82, 2.24) is 14.5 Å². The van der Waals surface area contributed by atoms with Crippen LogP contribution in [0, 0.1) is 0 Å². The van der Waals surface area contributed by atoms with Crippen molar-refractivity contribution < 1.29 is 14.7 Å². The molecule has 1 aromatic heterocycles. The summed E-state index contributed by atoms with van der Waals surface area (Å²) in [4.78, 5) is 25.0. The lowest BCUT2D eigenvalue weighted by atomic mass is 10.0. The summed E-state index contributed by atoms with van der Waals surface area (Å²) in [6.45, 7) is 4.96. The van der Waals surface area contributed by atoms with E-state index in [0.717, 1.165) is 18.0 Å². The minimum absolute atomic E-state index is 0.346. The molecule has 6 nitrogen and oxygen atoms in total. The van der Waals surface area contributed by atoms with Crippen molar-refractivity contribution in [2.24, 2.45) is 0 Å². The Balaban J connectivity index is 3.00. The summed E-state index contributed by atoms with van der Waals surface area (Å²) < 4.78 is 3.77. The third-order valence-corrected chi connectivity index (χ3v) is 3.66. The Labute approximate surface area is 110 Å². The third kappa shape index (κ3) is 2.66. The summed E-state index contributed by atoms with van der Waals surface area (Å²) in [6.07, 6.45) is 1.52. The number of rotatable bonds is 5. The summed E-state index contributed by atoms with van der Waals surface area (Å²) >= 11 is 1.01. The first-order valence-corrected chi connectivity index (χ1v) is 6.42. The largest absolute Gasteiger partial charge is 0.480 e. The SMILES string of the molecule is CCCc1nnsc1C(=O)N(C)C(C)(C)C(=O)O. The molecular formula is C11H17N3O3S. The van der Waals surface area contributed by atoms with E-state index in [1.54, 1.807) is 0 Å². The molecule has 0 radical (unpaired) electrons. The maximum absolute atomic E-state index is 12.2. The van der Waals surface area contributed by atoms with Gasteiger partial charge in [0.25, 0.3) is 5.91 Å². The van der Waals surface area contributed by atoms with E-state index in [-0.39, 0.29) is 5.91 Å². The van der Waals surface area contributed by atoms with Gasteiger partial charge in [-0.1, -0.05) is 17.8 Å². The lowest BCUT2D eigenvalue weighted by Gasteiger charge is -2.31. The van der Waals surface area contributed by atoms with E-state index in [4.69, 9.17) is 5.11 Å². The molecular weight excluding hydrogens is 254 g/mol. The van der Waals surface area contributed by atoms with Crippen LogP contribution in [0.5, 0.6) is 0 Å². The standard InChI is InChI=1S/C11H17N3O3S/c1-5-6-7-8(18-13-12-7)9(15)14(4)11(2,3)10(16)17/h5-6H2,1-4H3,(H,16,17). The fraction of sp³-hybridized carbons (Fsp3) is 0.636. The Kier molecular flexibility index (Phi) is 4.39. The van der Waals surface area contributed by atoms with Gasteiger partial charge in [0.2, 0.25) is 0 Å². The minimum Gasteiger partial charge on any atom is -0.480 e. The summed E-state index contributed by atoms with van der Waals surface area (Å²) in [5, 5.41) is 13.0. The summed E-state index contributed by atoms with van der Waals surface area (Å²) in [6, 6.07) is 0. The van der Waals surface area contributed by atoms with Gasteiger partial charge in [-0.15, -0.1) is 5.10 Å². The van der Waals surface area contributed by atoms with Gasteiger partial charge in [-0.05, 0) is 31.8 Å². The molecule has 100 valence electrons. The maximum atomic E-state index is 12.2. The first-order chi connectivity index (χ1) is 8.32. The van der Waals surface area contributed by atoms with Gasteiger partial charge < -0.3 is 10.0 Å². The highest BCUT2D eigenvalue weighted by molar-refractivity contribution is 7.08. The predicted molar refractivity (Wildman–Crippen MR) is 67.7 cm³/mol. The molecule has 0 aromatic carbocycles. The second-order valence-electron chi connectivity index (χ2n) is 4.53. The monoisotopic (exact) mass is 271 g/mol. The predicted octanol–water partition coefficient (Wildman–Crippen LogP) is 1.43. The first-order valence-electron chi connectivity index (χ1n) is 5.65. The van der Waals surface area contributed by atoms with E-state index in [9.17, 15) is 9.59 Å². The molecule has 1 N–H and O–H groups in total. The average Bonchev–Trinajstić information content (AvgIpc) is 2.75. The molecule has 1 rings (SSSR count). The number of hydrogen-bond acceptors (Lipinski definition) is 5. The molecule has 0 saturated carbocycles. The summed E-state index contributed by atoms with van der Waals surface area (Å²) in [5.74, 6) is -1.39. The number of amides is 1. The second-order valence-corrected chi connectivity index (χ2v) is 5.28. The van der Waals surface area contributed by atoms with Crippen molar-refractivity contribution in [3.8, 4) is 0 Å². The van der Waals surface area contributed by atoms with Gasteiger partial charge in [0, 0.05) is 7.05 Å². The van der Waals surface area contributed by atoms with Crippen LogP contribution in [0.2, 0.25) is 0 Å². The molecule has 0 spiro atoms. The van der Waals surface area contributed by atoms with Crippen LogP contribution in [0.4, 0.5) is 0 Å². The van der Waals surface area contributed by atoms with Crippen LogP contribution < -0.4 is 0 Å². The van der Waals surface area contributed by atoms with E-state index in [1.807, 2.05) is 6.92 Å². The number of carbonyl (C=O) groups excluding carboxylic acids is 1. The number of carbonyl (C=O) groups is 2. The van der Waals surface area contributed by atoms with Crippen molar-refractivity contribution in [2.75, 3.05) is 7.05 Å². The van der Waals surface area contributed by atoms with Gasteiger partial charge in [-0.3, -0.25) is 4.79 Å². The van der Waals surface area contributed by atoms with Crippen molar-refractivity contribution in [3.63, 3.8) is 0 Å². The Morgan fingerprint density at radius 1 is 1.44 bits per heavy atom. The molecule has 0 unspecified atom stereocenters. The molecule has 0 saturated heterocycles. The minimum atomic E-state index is -1.26. The van der Waals surface area contributed by atoms with E-state index in [1.165, 1.54) is 25.8 Å². The third-order valence-electron chi connectivity index (χ3n) is 2.90. The normalized spacial score (nSPS) is 11.3. The van der Waals surface area contributed by atoms with Crippen LogP contribution in [0.25, 0.3) is 0 Å². The molecule has 0 aliphatic carbocycles. The summed E-state index contributed by atoms with van der Waals surface area (Å²) in [7, 11) is 1.48. The van der Waals surface area contributed by atoms with E-state index in [2.05, 4.69) is 9.59 Å². The molecule has 1 amide bonds. The van der Waals surface area contributed by atoms with Gasteiger partial charge in [0.15, 0.2) is 0 Å². The number of aryl methyl sites for hydroxylation is 1. The van der Waals surface area contributed by atoms with Gasteiger partial charge in [-0.25, -0.2) is 4.79 Å². The summed E-state index contributed by atoms with van der Waals surface area (Å²) in [5.41, 5.74) is -0.620. The molecule has 1 aromatic rings. The Bertz CT molecular complexity index is 456. The van der Waals surface area contributed by atoms with Crippen LogP contribution in [0.3, 0.4) is 0 Å². The maximum Gasteiger partial charge on any atom is 0.329 e. The Hall–Kier alpha value is -1.50. The zero-order valence-electron chi connectivity index (χ0n) is 10.9. The zero-order chi connectivity index (χ0) is 13.9. The number of aromatic nitrogens is 2. The molecule has 18 heavy (non-hydrogen) atoms. The van der Waals surface area contributed by atoms with Gasteiger partial charge in [0.1, 0.15) is 10.4 Å². The van der Waals surface area contributed by atoms with Crippen molar-refractivity contribution in [1.29, 1.82) is 0 Å². The van der Waals surface area contributed by atoms with Crippen LogP contribution in [0.15, 0.2) is 0 Å². The van der Waals surface area contributed by atoms with Crippen LogP contribution in [-0.2, 0) is 11.2 Å². The highest BCUT2D eigenvalue weighted by Crippen LogP contribution is 2.20. The molecule has 0 aliphatic heterocycles. The van der Waals surface area contributed by atoms with Crippen LogP contribution >= 0.6 is 11.5 Å². The molecule has 0 bridgehead atoms. The van der Waals surface area contributed by atoms with Crippen LogP contribution in [-0.4, -0.2) is 44.1 Å². The fourth-order valence-corrected chi connectivity index (χ4v) is 2.01. The molecule has 7 heteroatoms. The molecule has 1 heterocycles. The highest BCUT2D eigenvalue weighted by atomic mass is 32.1. The van der Waals surface area contributed by atoms with Crippen LogP contribution in [0.1, 0.15) is 42.6 Å². The number of nitrogens with zero attached hydrogens (tertiary/aromatic N) is 3. The average molecular weight is 271 g/mol.